The number of aromatic nitrogens is 2. The molecule has 0 N–H and O–H groups in total. The molecule has 2 aliphatic rings. The Hall–Kier alpha value is -3.68. The van der Waals surface area contributed by atoms with Gasteiger partial charge in [0, 0.05) is 26.1 Å². The van der Waals surface area contributed by atoms with E-state index in [0.29, 0.717) is 36.1 Å². The van der Waals surface area contributed by atoms with Crippen LogP contribution in [-0.4, -0.2) is 47.0 Å². The maximum Gasteiger partial charge on any atom is 0.260 e. The van der Waals surface area contributed by atoms with Crippen molar-refractivity contribution in [2.75, 3.05) is 31.1 Å². The van der Waals surface area contributed by atoms with Gasteiger partial charge in [-0.3, -0.25) is 4.79 Å². The van der Waals surface area contributed by atoms with E-state index in [1.807, 2.05) is 30.3 Å². The molecule has 176 valence electrons. The summed E-state index contributed by atoms with van der Waals surface area (Å²) in [7, 11) is 0. The molecule has 34 heavy (non-hydrogen) atoms. The number of anilines is 1. The van der Waals surface area contributed by atoms with E-state index < -0.39 is 5.82 Å². The van der Waals surface area contributed by atoms with Crippen molar-refractivity contribution in [3.05, 3.63) is 71.7 Å². The number of halogens is 1. The Bertz CT molecular complexity index is 1150. The predicted molar refractivity (Wildman–Crippen MR) is 126 cm³/mol. The number of ether oxygens (including phenoxy) is 2. The average Bonchev–Trinajstić information content (AvgIpc) is 2.89. The van der Waals surface area contributed by atoms with Crippen molar-refractivity contribution in [1.29, 1.82) is 0 Å². The number of carbonyl (C=O) groups is 1. The van der Waals surface area contributed by atoms with E-state index in [4.69, 9.17) is 19.4 Å². The Labute approximate surface area is 198 Å². The first-order chi connectivity index (χ1) is 16.7. The SMILES string of the molecule is O=C(COc1ccccc1)N1CCc2nc(N3CCCCC3)nc(Oc3ccccc3F)c2C1. The van der Waals surface area contributed by atoms with Crippen molar-refractivity contribution in [3.63, 3.8) is 0 Å². The minimum atomic E-state index is -0.464. The Kier molecular flexibility index (Phi) is 6.56. The highest BCUT2D eigenvalue weighted by Crippen LogP contribution is 2.33. The smallest absolute Gasteiger partial charge is 0.260 e. The molecule has 7 nitrogen and oxygen atoms in total. The molecule has 3 heterocycles. The topological polar surface area (TPSA) is 67.8 Å². The molecule has 5 rings (SSSR count). The number of piperidine rings is 1. The second-order valence-electron chi connectivity index (χ2n) is 8.50. The molecule has 0 radical (unpaired) electrons. The Morgan fingerprint density at radius 1 is 0.941 bits per heavy atom. The Morgan fingerprint density at radius 3 is 2.50 bits per heavy atom. The van der Waals surface area contributed by atoms with Crippen LogP contribution in [0.5, 0.6) is 17.4 Å². The third-order valence-corrected chi connectivity index (χ3v) is 6.15. The highest BCUT2D eigenvalue weighted by atomic mass is 19.1. The molecule has 1 saturated heterocycles. The number of rotatable bonds is 6. The molecular weight excluding hydrogens is 435 g/mol. The molecule has 8 heteroatoms. The molecule has 0 bridgehead atoms. The molecule has 1 aromatic heterocycles. The highest BCUT2D eigenvalue weighted by Gasteiger charge is 2.28. The standard InChI is InChI=1S/C26H27FN4O3/c27-21-11-5-6-12-23(21)34-25-20-17-31(24(32)18-33-19-9-3-1-4-10-19)16-13-22(20)28-26(29-25)30-14-7-2-8-15-30/h1,3-6,9-12H,2,7-8,13-18H2. The molecular formula is C26H27FN4O3. The maximum atomic E-state index is 14.4. The second kappa shape index (κ2) is 10.1. The summed E-state index contributed by atoms with van der Waals surface area (Å²) in [6, 6.07) is 15.5. The fourth-order valence-electron chi connectivity index (χ4n) is 4.29. The Morgan fingerprint density at radius 2 is 1.71 bits per heavy atom. The monoisotopic (exact) mass is 462 g/mol. The average molecular weight is 463 g/mol. The summed E-state index contributed by atoms with van der Waals surface area (Å²) in [5.41, 5.74) is 1.55. The number of benzene rings is 2. The predicted octanol–water partition coefficient (Wildman–Crippen LogP) is 4.36. The largest absolute Gasteiger partial charge is 0.484 e. The number of para-hydroxylation sites is 2. The number of hydrogen-bond donors (Lipinski definition) is 0. The van der Waals surface area contributed by atoms with Crippen molar-refractivity contribution < 1.29 is 18.7 Å². The summed E-state index contributed by atoms with van der Waals surface area (Å²) in [4.78, 5) is 26.2. The van der Waals surface area contributed by atoms with Crippen molar-refractivity contribution in [1.82, 2.24) is 14.9 Å². The van der Waals surface area contributed by atoms with Crippen molar-refractivity contribution in [3.8, 4) is 17.4 Å². The zero-order chi connectivity index (χ0) is 23.3. The van der Waals surface area contributed by atoms with E-state index in [2.05, 4.69) is 4.90 Å². The normalized spacial score (nSPS) is 15.6. The van der Waals surface area contributed by atoms with Crippen molar-refractivity contribution >= 4 is 11.9 Å². The van der Waals surface area contributed by atoms with E-state index in [-0.39, 0.29) is 24.8 Å². The minimum absolute atomic E-state index is 0.0600. The molecule has 3 aromatic rings. The second-order valence-corrected chi connectivity index (χ2v) is 8.50. The van der Waals surface area contributed by atoms with Gasteiger partial charge in [-0.15, -0.1) is 0 Å². The molecule has 2 aliphatic heterocycles. The lowest BCUT2D eigenvalue weighted by Crippen LogP contribution is -2.40. The van der Waals surface area contributed by atoms with Gasteiger partial charge in [0.2, 0.25) is 11.8 Å². The third-order valence-electron chi connectivity index (χ3n) is 6.15. The molecule has 0 unspecified atom stereocenters. The van der Waals surface area contributed by atoms with Crippen molar-refractivity contribution in [2.24, 2.45) is 0 Å². The first kappa shape index (κ1) is 22.1. The van der Waals surface area contributed by atoms with Gasteiger partial charge in [-0.2, -0.15) is 4.98 Å². The first-order valence-electron chi connectivity index (χ1n) is 11.7. The lowest BCUT2D eigenvalue weighted by Gasteiger charge is -2.32. The van der Waals surface area contributed by atoms with Crippen LogP contribution in [-0.2, 0) is 17.8 Å². The van der Waals surface area contributed by atoms with E-state index in [0.717, 1.165) is 31.6 Å². The van der Waals surface area contributed by atoms with Crippen LogP contribution in [0.15, 0.2) is 54.6 Å². The molecule has 1 fully saturated rings. The van der Waals surface area contributed by atoms with Gasteiger partial charge in [0.05, 0.1) is 17.8 Å². The van der Waals surface area contributed by atoms with Gasteiger partial charge in [-0.25, -0.2) is 9.37 Å². The fraction of sp³-hybridized carbons (Fsp3) is 0.346. The van der Waals surface area contributed by atoms with Crippen LogP contribution in [0.25, 0.3) is 0 Å². The van der Waals surface area contributed by atoms with Crippen LogP contribution in [0.4, 0.5) is 10.3 Å². The highest BCUT2D eigenvalue weighted by molar-refractivity contribution is 5.78. The van der Waals surface area contributed by atoms with Gasteiger partial charge >= 0.3 is 0 Å². The van der Waals surface area contributed by atoms with E-state index in [1.54, 1.807) is 23.1 Å². The number of hydrogen-bond acceptors (Lipinski definition) is 6. The summed E-state index contributed by atoms with van der Waals surface area (Å²) >= 11 is 0. The molecule has 0 saturated carbocycles. The summed E-state index contributed by atoms with van der Waals surface area (Å²) in [6.45, 7) is 2.53. The van der Waals surface area contributed by atoms with E-state index >= 15 is 0 Å². The Balaban J connectivity index is 1.39. The molecule has 1 amide bonds. The van der Waals surface area contributed by atoms with Crippen LogP contribution >= 0.6 is 0 Å². The minimum Gasteiger partial charge on any atom is -0.484 e. The molecule has 0 atom stereocenters. The lowest BCUT2D eigenvalue weighted by atomic mass is 10.1. The number of fused-ring (bicyclic) bond motifs is 1. The van der Waals surface area contributed by atoms with Gasteiger partial charge in [-0.05, 0) is 43.5 Å². The summed E-state index contributed by atoms with van der Waals surface area (Å²) in [5.74, 6) is 1.06. The lowest BCUT2D eigenvalue weighted by molar-refractivity contribution is -0.134. The first-order valence-corrected chi connectivity index (χ1v) is 11.7. The van der Waals surface area contributed by atoms with Crippen molar-refractivity contribution in [2.45, 2.75) is 32.2 Å². The quantitative estimate of drug-likeness (QED) is 0.542. The van der Waals surface area contributed by atoms with Crippen LogP contribution in [0.1, 0.15) is 30.5 Å². The van der Waals surface area contributed by atoms with Crippen LogP contribution in [0.3, 0.4) is 0 Å². The summed E-state index contributed by atoms with van der Waals surface area (Å²) in [6.07, 6.45) is 3.95. The van der Waals surface area contributed by atoms with Gasteiger partial charge in [-0.1, -0.05) is 30.3 Å². The van der Waals surface area contributed by atoms with Gasteiger partial charge < -0.3 is 19.3 Å². The van der Waals surface area contributed by atoms with Gasteiger partial charge in [0.1, 0.15) is 5.75 Å². The van der Waals surface area contributed by atoms with E-state index in [9.17, 15) is 9.18 Å². The molecule has 2 aromatic carbocycles. The molecule has 0 aliphatic carbocycles. The summed E-state index contributed by atoms with van der Waals surface area (Å²) in [5, 5.41) is 0. The van der Waals surface area contributed by atoms with Crippen LogP contribution < -0.4 is 14.4 Å². The maximum absolute atomic E-state index is 14.4. The number of nitrogens with zero attached hydrogens (tertiary/aromatic N) is 4. The van der Waals surface area contributed by atoms with E-state index in [1.165, 1.54) is 12.5 Å². The van der Waals surface area contributed by atoms with Crippen LogP contribution in [0.2, 0.25) is 0 Å². The number of amides is 1. The zero-order valence-electron chi connectivity index (χ0n) is 19.0. The number of carbonyl (C=O) groups excluding carboxylic acids is 1. The van der Waals surface area contributed by atoms with Gasteiger partial charge in [0.25, 0.3) is 5.91 Å². The fourth-order valence-corrected chi connectivity index (χ4v) is 4.29. The van der Waals surface area contributed by atoms with Crippen LogP contribution in [0, 0.1) is 5.82 Å². The third kappa shape index (κ3) is 4.95. The zero-order valence-corrected chi connectivity index (χ0v) is 19.0. The van der Waals surface area contributed by atoms with Gasteiger partial charge in [0.15, 0.2) is 18.2 Å². The summed E-state index contributed by atoms with van der Waals surface area (Å²) < 4.78 is 26.0. The molecule has 0 spiro atoms.